The van der Waals surface area contributed by atoms with Crippen LogP contribution in [0.15, 0.2) is 48.8 Å². The summed E-state index contributed by atoms with van der Waals surface area (Å²) in [5.74, 6) is 0.300. The lowest BCUT2D eigenvalue weighted by Crippen LogP contribution is -2.44. The monoisotopic (exact) mass is 381 g/mol. The molecule has 5 rings (SSSR count). The second-order valence-electron chi connectivity index (χ2n) is 7.18. The fourth-order valence-electron chi connectivity index (χ4n) is 3.73. The van der Waals surface area contributed by atoms with Crippen LogP contribution in [0.2, 0.25) is 0 Å². The van der Waals surface area contributed by atoms with Gasteiger partial charge in [0.1, 0.15) is 11.4 Å². The van der Waals surface area contributed by atoms with Crippen molar-refractivity contribution in [1.82, 2.24) is 15.0 Å². The van der Waals surface area contributed by atoms with Crippen LogP contribution in [0, 0.1) is 5.82 Å². The molecule has 0 saturated carbocycles. The van der Waals surface area contributed by atoms with Crippen molar-refractivity contribution in [1.29, 1.82) is 0 Å². The second-order valence-corrected chi connectivity index (χ2v) is 7.18. The van der Waals surface area contributed by atoms with Crippen molar-refractivity contribution in [3.8, 4) is 22.5 Å². The number of nitrogens with zero attached hydrogens (tertiary/aromatic N) is 2. The number of hydrogen-bond acceptors (Lipinski definition) is 5. The van der Waals surface area contributed by atoms with Crippen LogP contribution in [0.1, 0.15) is 25.0 Å². The minimum atomic E-state index is -0.593. The van der Waals surface area contributed by atoms with Crippen molar-refractivity contribution in [3.05, 3.63) is 60.4 Å². The lowest BCUT2D eigenvalue weighted by atomic mass is 10.0. The van der Waals surface area contributed by atoms with Crippen LogP contribution in [0.4, 0.5) is 4.39 Å². The smallest absolute Gasteiger partial charge is 0.217 e. The van der Waals surface area contributed by atoms with Crippen LogP contribution < -0.4 is 0 Å². The Morgan fingerprint density at radius 1 is 1.00 bits per heavy atom. The van der Waals surface area contributed by atoms with Gasteiger partial charge in [0.25, 0.3) is 0 Å². The first-order valence-electron chi connectivity index (χ1n) is 9.36. The molecule has 1 aromatic carbocycles. The zero-order valence-corrected chi connectivity index (χ0v) is 15.2. The van der Waals surface area contributed by atoms with Crippen molar-refractivity contribution in [2.45, 2.75) is 24.7 Å². The summed E-state index contributed by atoms with van der Waals surface area (Å²) >= 11 is 0. The van der Waals surface area contributed by atoms with E-state index in [1.807, 2.05) is 12.1 Å². The number of halogens is 1. The number of pyridine rings is 1. The van der Waals surface area contributed by atoms with Gasteiger partial charge in [0.2, 0.25) is 6.29 Å². The zero-order chi connectivity index (χ0) is 19.0. The van der Waals surface area contributed by atoms with E-state index in [4.69, 9.17) is 19.2 Å². The van der Waals surface area contributed by atoms with E-state index in [1.54, 1.807) is 24.5 Å². The molecule has 2 aliphatic heterocycles. The highest BCUT2D eigenvalue weighted by atomic mass is 19.1. The molecule has 28 heavy (non-hydrogen) atoms. The molecular formula is C21H20FN3O3. The summed E-state index contributed by atoms with van der Waals surface area (Å²) in [5, 5.41) is 0. The van der Waals surface area contributed by atoms with E-state index in [9.17, 15) is 4.39 Å². The molecule has 2 saturated heterocycles. The van der Waals surface area contributed by atoms with Gasteiger partial charge in [0, 0.05) is 30.1 Å². The first-order valence-corrected chi connectivity index (χ1v) is 9.36. The highest BCUT2D eigenvalue weighted by molar-refractivity contribution is 5.78. The molecule has 2 aromatic heterocycles. The Kier molecular flexibility index (Phi) is 4.43. The second kappa shape index (κ2) is 7.09. The van der Waals surface area contributed by atoms with Crippen LogP contribution in [-0.2, 0) is 14.2 Å². The first-order chi connectivity index (χ1) is 13.7. The van der Waals surface area contributed by atoms with Gasteiger partial charge in [-0.05, 0) is 49.2 Å². The molecule has 7 heteroatoms. The van der Waals surface area contributed by atoms with E-state index in [1.165, 1.54) is 12.1 Å². The van der Waals surface area contributed by atoms with E-state index >= 15 is 0 Å². The molecule has 1 N–H and O–H groups in total. The fourth-order valence-corrected chi connectivity index (χ4v) is 3.73. The number of rotatable bonds is 3. The minimum Gasteiger partial charge on any atom is -0.370 e. The summed E-state index contributed by atoms with van der Waals surface area (Å²) in [6.45, 7) is 1.71. The standard InChI is InChI=1S/C21H20FN3O3/c22-16-4-2-14(3-5-16)17-18(15-6-9-23-10-7-15)25-19(24-17)20-26-12-21(13-27-20)8-1-11-28-21/h2-7,9-10,20H,1,8,11-13H2,(H,24,25). The van der Waals surface area contributed by atoms with Crippen LogP contribution in [-0.4, -0.2) is 40.4 Å². The first kappa shape index (κ1) is 17.5. The molecule has 1 spiro atoms. The Bertz CT molecular complexity index is 943. The van der Waals surface area contributed by atoms with E-state index in [0.717, 1.165) is 42.0 Å². The molecule has 0 bridgehead atoms. The number of benzene rings is 1. The summed E-state index contributed by atoms with van der Waals surface area (Å²) in [4.78, 5) is 12.1. The molecule has 0 unspecified atom stereocenters. The average molecular weight is 381 g/mol. The number of aromatic nitrogens is 3. The lowest BCUT2D eigenvalue weighted by molar-refractivity contribution is -0.260. The molecule has 6 nitrogen and oxygen atoms in total. The topological polar surface area (TPSA) is 69.3 Å². The molecule has 3 aromatic rings. The third-order valence-corrected chi connectivity index (χ3v) is 5.21. The van der Waals surface area contributed by atoms with Gasteiger partial charge in [0.15, 0.2) is 5.82 Å². The van der Waals surface area contributed by atoms with E-state index < -0.39 is 6.29 Å². The van der Waals surface area contributed by atoms with Crippen LogP contribution in [0.5, 0.6) is 0 Å². The van der Waals surface area contributed by atoms with Gasteiger partial charge in [-0.25, -0.2) is 9.37 Å². The molecule has 0 amide bonds. The number of ether oxygens (including phenoxy) is 3. The van der Waals surface area contributed by atoms with Gasteiger partial charge in [-0.15, -0.1) is 0 Å². The molecule has 2 fully saturated rings. The number of H-pyrrole nitrogens is 1. The third-order valence-electron chi connectivity index (χ3n) is 5.21. The molecule has 0 radical (unpaired) electrons. The quantitative estimate of drug-likeness (QED) is 0.746. The Hall–Kier alpha value is -2.61. The van der Waals surface area contributed by atoms with Crippen molar-refractivity contribution >= 4 is 0 Å². The number of aromatic amines is 1. The molecule has 2 aliphatic rings. The number of nitrogens with one attached hydrogen (secondary N) is 1. The maximum Gasteiger partial charge on any atom is 0.217 e. The molecule has 0 aliphatic carbocycles. The summed E-state index contributed by atoms with van der Waals surface area (Å²) in [6, 6.07) is 10.1. The molecule has 4 heterocycles. The summed E-state index contributed by atoms with van der Waals surface area (Å²) in [6.07, 6.45) is 4.81. The van der Waals surface area contributed by atoms with Gasteiger partial charge >= 0.3 is 0 Å². The van der Waals surface area contributed by atoms with Gasteiger partial charge in [0.05, 0.1) is 24.6 Å². The predicted octanol–water partition coefficient (Wildman–Crippen LogP) is 3.87. The van der Waals surface area contributed by atoms with Crippen molar-refractivity contribution in [2.75, 3.05) is 19.8 Å². The van der Waals surface area contributed by atoms with Gasteiger partial charge < -0.3 is 19.2 Å². The SMILES string of the molecule is Fc1ccc(-c2[nH]c(C3OCC4(CCCO4)CO3)nc2-c2ccncc2)cc1. The Balaban J connectivity index is 1.49. The lowest BCUT2D eigenvalue weighted by Gasteiger charge is -2.35. The maximum atomic E-state index is 13.4. The third kappa shape index (κ3) is 3.22. The predicted molar refractivity (Wildman–Crippen MR) is 99.8 cm³/mol. The van der Waals surface area contributed by atoms with E-state index in [0.29, 0.717) is 19.0 Å². The van der Waals surface area contributed by atoms with Gasteiger partial charge in [-0.1, -0.05) is 0 Å². The highest BCUT2D eigenvalue weighted by Gasteiger charge is 2.42. The summed E-state index contributed by atoms with van der Waals surface area (Å²) in [5.41, 5.74) is 2.94. The molecule has 144 valence electrons. The molecule has 0 atom stereocenters. The van der Waals surface area contributed by atoms with Crippen molar-refractivity contribution < 1.29 is 18.6 Å². The summed E-state index contributed by atoms with van der Waals surface area (Å²) < 4.78 is 31.1. The normalized spacial score (nSPS) is 24.7. The average Bonchev–Trinajstić information content (AvgIpc) is 3.38. The Labute approximate surface area is 161 Å². The highest BCUT2D eigenvalue weighted by Crippen LogP contribution is 2.37. The van der Waals surface area contributed by atoms with Crippen LogP contribution >= 0.6 is 0 Å². The molecular weight excluding hydrogens is 361 g/mol. The van der Waals surface area contributed by atoms with E-state index in [-0.39, 0.29) is 11.4 Å². The fraction of sp³-hybridized carbons (Fsp3) is 0.333. The van der Waals surface area contributed by atoms with Crippen LogP contribution in [0.3, 0.4) is 0 Å². The largest absolute Gasteiger partial charge is 0.370 e. The number of hydrogen-bond donors (Lipinski definition) is 1. The Morgan fingerprint density at radius 2 is 1.75 bits per heavy atom. The van der Waals surface area contributed by atoms with Crippen molar-refractivity contribution in [3.63, 3.8) is 0 Å². The maximum absolute atomic E-state index is 13.4. The number of imidazole rings is 1. The zero-order valence-electron chi connectivity index (χ0n) is 15.2. The van der Waals surface area contributed by atoms with Crippen molar-refractivity contribution in [2.24, 2.45) is 0 Å². The van der Waals surface area contributed by atoms with Crippen LogP contribution in [0.25, 0.3) is 22.5 Å². The Morgan fingerprint density at radius 3 is 2.43 bits per heavy atom. The minimum absolute atomic E-state index is 0.283. The summed E-state index contributed by atoms with van der Waals surface area (Å²) in [7, 11) is 0. The van der Waals surface area contributed by atoms with E-state index in [2.05, 4.69) is 9.97 Å². The van der Waals surface area contributed by atoms with Gasteiger partial charge in [-0.2, -0.15) is 0 Å². The van der Waals surface area contributed by atoms with Gasteiger partial charge in [-0.3, -0.25) is 4.98 Å².